The normalized spacial score (nSPS) is 9.94. The van der Waals surface area contributed by atoms with E-state index in [1.807, 2.05) is 5.48 Å². The summed E-state index contributed by atoms with van der Waals surface area (Å²) in [5, 5.41) is 0. The predicted octanol–water partition coefficient (Wildman–Crippen LogP) is -0.774. The predicted molar refractivity (Wildman–Crippen MR) is 54.1 cm³/mol. The highest BCUT2D eigenvalue weighted by molar-refractivity contribution is 5.88. The van der Waals surface area contributed by atoms with Gasteiger partial charge in [0.05, 0.1) is 6.54 Å². The van der Waals surface area contributed by atoms with Crippen LogP contribution in [-0.4, -0.2) is 47.4 Å². The molecule has 0 aliphatic carbocycles. The minimum atomic E-state index is -0.727. The molecule has 7 nitrogen and oxygen atoms in total. The van der Waals surface area contributed by atoms with E-state index >= 15 is 0 Å². The fourth-order valence-electron chi connectivity index (χ4n) is 0.886. The summed E-state index contributed by atoms with van der Waals surface area (Å²) in [7, 11) is 3.46. The topological polar surface area (TPSA) is 84.4 Å². The van der Waals surface area contributed by atoms with E-state index < -0.39 is 11.9 Å². The third kappa shape index (κ3) is 4.01. The molecule has 1 rings (SSSR count). The van der Waals surface area contributed by atoms with Crippen LogP contribution in [0.4, 0.5) is 0 Å². The van der Waals surface area contributed by atoms with Crippen molar-refractivity contribution in [1.29, 1.82) is 0 Å². The summed E-state index contributed by atoms with van der Waals surface area (Å²) in [6.45, 7) is 0.136. The fraction of sp³-hybridized carbons (Fsp3) is 0.333. The van der Waals surface area contributed by atoms with Crippen LogP contribution in [0.2, 0.25) is 0 Å². The lowest BCUT2D eigenvalue weighted by atomic mass is 10.4. The minimum Gasteiger partial charge on any atom is -0.334 e. The minimum absolute atomic E-state index is 0.0835. The van der Waals surface area contributed by atoms with Gasteiger partial charge < -0.3 is 9.74 Å². The van der Waals surface area contributed by atoms with Crippen molar-refractivity contribution in [3.63, 3.8) is 0 Å². The van der Waals surface area contributed by atoms with E-state index in [1.165, 1.54) is 18.6 Å². The number of aromatic nitrogens is 2. The van der Waals surface area contributed by atoms with Crippen LogP contribution in [0, 0.1) is 0 Å². The number of amides is 1. The molecule has 0 saturated carbocycles. The Balaban J connectivity index is 2.39. The van der Waals surface area contributed by atoms with Crippen molar-refractivity contribution in [3.8, 4) is 0 Å². The lowest BCUT2D eigenvalue weighted by Crippen LogP contribution is -2.35. The molecular weight excluding hydrogens is 212 g/mol. The van der Waals surface area contributed by atoms with E-state index in [0.29, 0.717) is 0 Å². The molecule has 1 aromatic heterocycles. The van der Waals surface area contributed by atoms with Crippen molar-refractivity contribution < 1.29 is 14.4 Å². The standard InChI is InChI=1S/C9H12N4O3/c1-13(2)5-8(14)12-16-9(15)7-3-4-10-6-11-7/h3-4,6H,5H2,1-2H3,(H,12,14). The number of hydrogen-bond acceptors (Lipinski definition) is 6. The van der Waals surface area contributed by atoms with Gasteiger partial charge in [-0.3, -0.25) is 4.79 Å². The zero-order valence-corrected chi connectivity index (χ0v) is 9.01. The van der Waals surface area contributed by atoms with E-state index in [4.69, 9.17) is 0 Å². The maximum absolute atomic E-state index is 11.3. The van der Waals surface area contributed by atoms with E-state index in [2.05, 4.69) is 14.8 Å². The molecule has 1 N–H and O–H groups in total. The van der Waals surface area contributed by atoms with E-state index in [0.717, 1.165) is 0 Å². The molecule has 0 aromatic carbocycles. The average molecular weight is 224 g/mol. The highest BCUT2D eigenvalue weighted by Crippen LogP contribution is 1.92. The Bertz CT molecular complexity index is 366. The van der Waals surface area contributed by atoms with Crippen molar-refractivity contribution in [2.75, 3.05) is 20.6 Å². The summed E-state index contributed by atoms with van der Waals surface area (Å²) in [6, 6.07) is 1.39. The van der Waals surface area contributed by atoms with Crippen LogP contribution >= 0.6 is 0 Å². The molecule has 86 valence electrons. The second-order valence-electron chi connectivity index (χ2n) is 3.25. The van der Waals surface area contributed by atoms with Gasteiger partial charge in [0.2, 0.25) is 0 Å². The van der Waals surface area contributed by atoms with Crippen LogP contribution < -0.4 is 5.48 Å². The number of carbonyl (C=O) groups excluding carboxylic acids is 2. The molecule has 0 unspecified atom stereocenters. The third-order valence-electron chi connectivity index (χ3n) is 1.51. The SMILES string of the molecule is CN(C)CC(=O)NOC(=O)c1ccncn1. The van der Waals surface area contributed by atoms with Gasteiger partial charge in [0.25, 0.3) is 5.91 Å². The molecule has 0 aliphatic rings. The fourth-order valence-corrected chi connectivity index (χ4v) is 0.886. The molecule has 1 aromatic rings. The summed E-state index contributed by atoms with van der Waals surface area (Å²) in [5.74, 6) is -1.14. The summed E-state index contributed by atoms with van der Waals surface area (Å²) < 4.78 is 0. The maximum Gasteiger partial charge on any atom is 0.381 e. The smallest absolute Gasteiger partial charge is 0.334 e. The number of hydrogen-bond donors (Lipinski definition) is 1. The molecule has 0 saturated heterocycles. The van der Waals surface area contributed by atoms with E-state index in [-0.39, 0.29) is 12.2 Å². The molecule has 0 fully saturated rings. The van der Waals surface area contributed by atoms with Crippen molar-refractivity contribution in [2.24, 2.45) is 0 Å². The molecule has 16 heavy (non-hydrogen) atoms. The van der Waals surface area contributed by atoms with Gasteiger partial charge in [0.15, 0.2) is 5.69 Å². The number of nitrogens with zero attached hydrogens (tertiary/aromatic N) is 3. The largest absolute Gasteiger partial charge is 0.381 e. The Morgan fingerprint density at radius 2 is 2.25 bits per heavy atom. The molecule has 0 bridgehead atoms. The highest BCUT2D eigenvalue weighted by atomic mass is 16.7. The first-order chi connectivity index (χ1) is 7.59. The second kappa shape index (κ2) is 5.76. The van der Waals surface area contributed by atoms with Gasteiger partial charge >= 0.3 is 5.97 Å². The summed E-state index contributed by atoms with van der Waals surface area (Å²) >= 11 is 0. The van der Waals surface area contributed by atoms with Gasteiger partial charge in [-0.25, -0.2) is 14.8 Å². The Morgan fingerprint density at radius 1 is 1.50 bits per heavy atom. The lowest BCUT2D eigenvalue weighted by Gasteiger charge is -2.09. The molecule has 0 radical (unpaired) electrons. The Kier molecular flexibility index (Phi) is 4.34. The third-order valence-corrected chi connectivity index (χ3v) is 1.51. The number of rotatable bonds is 3. The number of likely N-dealkylation sites (N-methyl/N-ethyl adjacent to an activating group) is 1. The van der Waals surface area contributed by atoms with Crippen LogP contribution in [0.3, 0.4) is 0 Å². The molecule has 0 aliphatic heterocycles. The quantitative estimate of drug-likeness (QED) is 0.678. The summed E-state index contributed by atoms with van der Waals surface area (Å²) in [5.41, 5.74) is 2.11. The lowest BCUT2D eigenvalue weighted by molar-refractivity contribution is -0.130. The van der Waals surface area contributed by atoms with Gasteiger partial charge in [-0.15, -0.1) is 0 Å². The van der Waals surface area contributed by atoms with Gasteiger partial charge in [0.1, 0.15) is 6.33 Å². The van der Waals surface area contributed by atoms with Crippen molar-refractivity contribution in [1.82, 2.24) is 20.3 Å². The Morgan fingerprint density at radius 3 is 2.81 bits per heavy atom. The number of carbonyl (C=O) groups is 2. The van der Waals surface area contributed by atoms with E-state index in [9.17, 15) is 9.59 Å². The van der Waals surface area contributed by atoms with Gasteiger partial charge in [-0.05, 0) is 20.2 Å². The first-order valence-corrected chi connectivity index (χ1v) is 4.50. The van der Waals surface area contributed by atoms with Crippen LogP contribution in [0.1, 0.15) is 10.5 Å². The number of nitrogens with one attached hydrogen (secondary N) is 1. The molecule has 1 amide bonds. The summed E-state index contributed by atoms with van der Waals surface area (Å²) in [4.78, 5) is 35.9. The first-order valence-electron chi connectivity index (χ1n) is 4.50. The van der Waals surface area contributed by atoms with Gasteiger partial charge in [-0.2, -0.15) is 5.48 Å². The van der Waals surface area contributed by atoms with Crippen molar-refractivity contribution in [2.45, 2.75) is 0 Å². The molecule has 7 heteroatoms. The van der Waals surface area contributed by atoms with Crippen LogP contribution in [0.5, 0.6) is 0 Å². The molecule has 0 atom stereocenters. The monoisotopic (exact) mass is 224 g/mol. The second-order valence-corrected chi connectivity index (χ2v) is 3.25. The first kappa shape index (κ1) is 12.1. The van der Waals surface area contributed by atoms with Gasteiger partial charge in [0, 0.05) is 6.20 Å². The van der Waals surface area contributed by atoms with Crippen LogP contribution in [0.15, 0.2) is 18.6 Å². The van der Waals surface area contributed by atoms with Gasteiger partial charge in [-0.1, -0.05) is 0 Å². The highest BCUT2D eigenvalue weighted by Gasteiger charge is 2.10. The maximum atomic E-state index is 11.3. The number of hydroxylamine groups is 1. The molecular formula is C9H12N4O3. The van der Waals surface area contributed by atoms with E-state index in [1.54, 1.807) is 19.0 Å². The zero-order chi connectivity index (χ0) is 12.0. The molecule has 1 heterocycles. The Labute approximate surface area is 92.4 Å². The Hall–Kier alpha value is -2.02. The zero-order valence-electron chi connectivity index (χ0n) is 9.01. The molecule has 0 spiro atoms. The van der Waals surface area contributed by atoms with Crippen LogP contribution in [0.25, 0.3) is 0 Å². The van der Waals surface area contributed by atoms with Crippen molar-refractivity contribution in [3.05, 3.63) is 24.3 Å². The van der Waals surface area contributed by atoms with Crippen LogP contribution in [-0.2, 0) is 9.63 Å². The average Bonchev–Trinajstić information content (AvgIpc) is 2.26. The van der Waals surface area contributed by atoms with Crippen molar-refractivity contribution >= 4 is 11.9 Å². The summed E-state index contributed by atoms with van der Waals surface area (Å²) in [6.07, 6.45) is 2.63.